The maximum atomic E-state index is 13.1. The fraction of sp³-hybridized carbons (Fsp3) is 0.409. The van der Waals surface area contributed by atoms with Crippen molar-refractivity contribution in [3.05, 3.63) is 47.2 Å². The normalized spacial score (nSPS) is 19.2. The number of rotatable bonds is 6. The molecule has 2 fully saturated rings. The molecule has 0 radical (unpaired) electrons. The van der Waals surface area contributed by atoms with Gasteiger partial charge in [0.05, 0.1) is 13.0 Å². The minimum Gasteiger partial charge on any atom is -0.353 e. The van der Waals surface area contributed by atoms with E-state index in [1.165, 1.54) is 4.90 Å². The maximum absolute atomic E-state index is 13.1. The highest BCUT2D eigenvalue weighted by molar-refractivity contribution is 9.10. The fourth-order valence-corrected chi connectivity index (χ4v) is 4.24. The Labute approximate surface area is 200 Å². The second-order valence-corrected chi connectivity index (χ2v) is 8.88. The van der Waals surface area contributed by atoms with Crippen molar-refractivity contribution in [2.75, 3.05) is 56.0 Å². The molecule has 1 aromatic heterocycles. The first-order valence-electron chi connectivity index (χ1n) is 10.9. The molecule has 0 bridgehead atoms. The summed E-state index contributed by atoms with van der Waals surface area (Å²) < 4.78 is 0.904. The van der Waals surface area contributed by atoms with Gasteiger partial charge in [-0.2, -0.15) is 0 Å². The van der Waals surface area contributed by atoms with Gasteiger partial charge in [0, 0.05) is 61.8 Å². The summed E-state index contributed by atoms with van der Waals surface area (Å²) in [4.78, 5) is 52.4. The van der Waals surface area contributed by atoms with E-state index in [1.54, 1.807) is 30.6 Å². The summed E-state index contributed by atoms with van der Waals surface area (Å²) in [6.07, 6.45) is 3.34. The SMILES string of the molecule is O=C(C[C@H]1C(=O)NCCN1C(=O)CN1CCN(c2ncccn2)CC1)Nc1ccc(Br)cc1. The van der Waals surface area contributed by atoms with E-state index in [9.17, 15) is 14.4 Å². The number of hydrogen-bond acceptors (Lipinski definition) is 7. The molecule has 0 unspecified atom stereocenters. The first-order chi connectivity index (χ1) is 16.0. The van der Waals surface area contributed by atoms with E-state index in [1.807, 2.05) is 12.1 Å². The van der Waals surface area contributed by atoms with E-state index in [2.05, 4.69) is 46.3 Å². The molecule has 0 saturated carbocycles. The van der Waals surface area contributed by atoms with Crippen LogP contribution < -0.4 is 15.5 Å². The lowest BCUT2D eigenvalue weighted by Gasteiger charge is -2.38. The van der Waals surface area contributed by atoms with Gasteiger partial charge in [-0.1, -0.05) is 15.9 Å². The van der Waals surface area contributed by atoms with Crippen LogP contribution >= 0.6 is 15.9 Å². The lowest BCUT2D eigenvalue weighted by atomic mass is 10.1. The number of nitrogens with one attached hydrogen (secondary N) is 2. The Hall–Kier alpha value is -3.05. The zero-order valence-electron chi connectivity index (χ0n) is 18.1. The molecule has 2 saturated heterocycles. The molecule has 0 spiro atoms. The molecule has 0 aliphatic carbocycles. The third-order valence-electron chi connectivity index (χ3n) is 5.72. The van der Waals surface area contributed by atoms with Crippen LogP contribution in [-0.4, -0.2) is 89.3 Å². The summed E-state index contributed by atoms with van der Waals surface area (Å²) in [5.74, 6) is -0.0658. The van der Waals surface area contributed by atoms with Crippen molar-refractivity contribution in [3.8, 4) is 0 Å². The lowest BCUT2D eigenvalue weighted by Crippen LogP contribution is -2.60. The van der Waals surface area contributed by atoms with E-state index in [-0.39, 0.29) is 30.7 Å². The Morgan fingerprint density at radius 1 is 1.06 bits per heavy atom. The van der Waals surface area contributed by atoms with Crippen LogP contribution in [0.2, 0.25) is 0 Å². The molecule has 11 heteroatoms. The number of piperazine rings is 2. The zero-order chi connectivity index (χ0) is 23.2. The summed E-state index contributed by atoms with van der Waals surface area (Å²) in [5, 5.41) is 5.56. The quantitative estimate of drug-likeness (QED) is 0.582. The van der Waals surface area contributed by atoms with Crippen LogP contribution in [0.1, 0.15) is 6.42 Å². The van der Waals surface area contributed by atoms with Crippen molar-refractivity contribution >= 4 is 45.3 Å². The molecule has 3 amide bonds. The average molecular weight is 516 g/mol. The summed E-state index contributed by atoms with van der Waals surface area (Å²) in [5.41, 5.74) is 0.637. The first-order valence-corrected chi connectivity index (χ1v) is 11.7. The Kier molecular flexibility index (Phi) is 7.50. The number of hydrogen-bond donors (Lipinski definition) is 2. The molecule has 174 valence electrons. The monoisotopic (exact) mass is 515 g/mol. The van der Waals surface area contributed by atoms with Gasteiger partial charge in [-0.05, 0) is 30.3 Å². The number of anilines is 2. The molecule has 4 rings (SSSR count). The first kappa shape index (κ1) is 23.1. The Morgan fingerprint density at radius 2 is 1.76 bits per heavy atom. The van der Waals surface area contributed by atoms with Gasteiger partial charge in [-0.3, -0.25) is 19.3 Å². The Bertz CT molecular complexity index is 981. The van der Waals surface area contributed by atoms with Gasteiger partial charge in [0.25, 0.3) is 0 Å². The Balaban J connectivity index is 1.32. The van der Waals surface area contributed by atoms with Gasteiger partial charge in [-0.25, -0.2) is 9.97 Å². The molecular weight excluding hydrogens is 490 g/mol. The predicted octanol–water partition coefficient (Wildman–Crippen LogP) is 0.717. The van der Waals surface area contributed by atoms with E-state index in [0.29, 0.717) is 37.8 Å². The van der Waals surface area contributed by atoms with E-state index in [4.69, 9.17) is 0 Å². The van der Waals surface area contributed by atoms with Crippen molar-refractivity contribution in [2.24, 2.45) is 0 Å². The van der Waals surface area contributed by atoms with Crippen LogP contribution in [0, 0.1) is 0 Å². The molecule has 2 N–H and O–H groups in total. The average Bonchev–Trinajstić information content (AvgIpc) is 2.83. The van der Waals surface area contributed by atoms with Gasteiger partial charge in [0.1, 0.15) is 6.04 Å². The van der Waals surface area contributed by atoms with E-state index in [0.717, 1.165) is 17.6 Å². The van der Waals surface area contributed by atoms with Crippen LogP contribution in [0.5, 0.6) is 0 Å². The number of aromatic nitrogens is 2. The smallest absolute Gasteiger partial charge is 0.243 e. The predicted molar refractivity (Wildman–Crippen MR) is 127 cm³/mol. The number of nitrogens with zero attached hydrogens (tertiary/aromatic N) is 5. The fourth-order valence-electron chi connectivity index (χ4n) is 3.98. The van der Waals surface area contributed by atoms with Crippen LogP contribution in [0.3, 0.4) is 0 Å². The molecule has 3 heterocycles. The molecule has 10 nitrogen and oxygen atoms in total. The number of carbonyl (C=O) groups is 3. The van der Waals surface area contributed by atoms with Gasteiger partial charge in [-0.15, -0.1) is 0 Å². The zero-order valence-corrected chi connectivity index (χ0v) is 19.7. The van der Waals surface area contributed by atoms with Crippen molar-refractivity contribution in [1.29, 1.82) is 0 Å². The Morgan fingerprint density at radius 3 is 2.45 bits per heavy atom. The summed E-state index contributed by atoms with van der Waals surface area (Å²) in [6, 6.07) is 8.15. The third-order valence-corrected chi connectivity index (χ3v) is 6.25. The number of benzene rings is 1. The molecular formula is C22H26BrN7O3. The highest BCUT2D eigenvalue weighted by atomic mass is 79.9. The minimum absolute atomic E-state index is 0.0905. The molecule has 2 aliphatic heterocycles. The van der Waals surface area contributed by atoms with Gasteiger partial charge in [0.2, 0.25) is 23.7 Å². The largest absolute Gasteiger partial charge is 0.353 e. The third kappa shape index (κ3) is 6.05. The molecule has 2 aromatic rings. The van der Waals surface area contributed by atoms with Crippen molar-refractivity contribution < 1.29 is 14.4 Å². The molecule has 1 atom stereocenters. The highest BCUT2D eigenvalue weighted by Gasteiger charge is 2.35. The second kappa shape index (κ2) is 10.7. The van der Waals surface area contributed by atoms with Gasteiger partial charge >= 0.3 is 0 Å². The number of carbonyl (C=O) groups excluding carboxylic acids is 3. The maximum Gasteiger partial charge on any atom is 0.243 e. The van der Waals surface area contributed by atoms with Crippen LogP contribution in [0.15, 0.2) is 47.2 Å². The second-order valence-electron chi connectivity index (χ2n) is 7.97. The molecule has 1 aromatic carbocycles. The van der Waals surface area contributed by atoms with Crippen LogP contribution in [0.25, 0.3) is 0 Å². The summed E-state index contributed by atoms with van der Waals surface area (Å²) >= 11 is 3.36. The van der Waals surface area contributed by atoms with Crippen molar-refractivity contribution in [2.45, 2.75) is 12.5 Å². The minimum atomic E-state index is -0.819. The summed E-state index contributed by atoms with van der Waals surface area (Å²) in [6.45, 7) is 3.81. The number of halogens is 1. The van der Waals surface area contributed by atoms with Crippen LogP contribution in [-0.2, 0) is 14.4 Å². The number of amides is 3. The highest BCUT2D eigenvalue weighted by Crippen LogP contribution is 2.17. The van der Waals surface area contributed by atoms with E-state index < -0.39 is 6.04 Å². The van der Waals surface area contributed by atoms with Crippen LogP contribution in [0.4, 0.5) is 11.6 Å². The standard InChI is InChI=1S/C22H26BrN7O3/c23-16-2-4-17(5-3-16)27-19(31)14-18-21(33)24-8-9-30(18)20(32)15-28-10-12-29(13-11-28)22-25-6-1-7-26-22/h1-7,18H,8-15H2,(H,24,33)(H,27,31)/t18-/m0/s1. The summed E-state index contributed by atoms with van der Waals surface area (Å²) in [7, 11) is 0. The topological polar surface area (TPSA) is 111 Å². The van der Waals surface area contributed by atoms with E-state index >= 15 is 0 Å². The van der Waals surface area contributed by atoms with Gasteiger partial charge in [0.15, 0.2) is 0 Å². The lowest BCUT2D eigenvalue weighted by molar-refractivity contribution is -0.145. The molecule has 2 aliphatic rings. The van der Waals surface area contributed by atoms with Crippen molar-refractivity contribution in [3.63, 3.8) is 0 Å². The molecule has 33 heavy (non-hydrogen) atoms. The van der Waals surface area contributed by atoms with Gasteiger partial charge < -0.3 is 20.4 Å². The van der Waals surface area contributed by atoms with Crippen molar-refractivity contribution in [1.82, 2.24) is 25.1 Å².